The van der Waals surface area contributed by atoms with Crippen LogP contribution < -0.4 is 5.11 Å². The summed E-state index contributed by atoms with van der Waals surface area (Å²) >= 11 is 0. The van der Waals surface area contributed by atoms with Crippen molar-refractivity contribution < 1.29 is 9.90 Å². The molecule has 0 atom stereocenters. The number of carboxylic acids is 1. The minimum absolute atomic E-state index is 0.184. The molecule has 3 aromatic rings. The zero-order valence-corrected chi connectivity index (χ0v) is 9.51. The molecular weight excluding hydrogens is 226 g/mol. The highest BCUT2D eigenvalue weighted by molar-refractivity contribution is 5.94. The minimum atomic E-state index is -1.16. The number of nitrogens with one attached hydrogen (secondary N) is 1. The Kier molecular flexibility index (Phi) is 2.38. The van der Waals surface area contributed by atoms with E-state index in [-0.39, 0.29) is 5.56 Å². The van der Waals surface area contributed by atoms with Gasteiger partial charge in [-0.3, -0.25) is 0 Å². The number of fused-ring (bicyclic) bond motifs is 1. The summed E-state index contributed by atoms with van der Waals surface area (Å²) in [6, 6.07) is 16.8. The lowest BCUT2D eigenvalue weighted by atomic mass is 10.1. The Morgan fingerprint density at radius 3 is 2.50 bits per heavy atom. The average molecular weight is 236 g/mol. The monoisotopic (exact) mass is 236 g/mol. The van der Waals surface area contributed by atoms with Gasteiger partial charge in [0.25, 0.3) is 0 Å². The second-order valence-electron chi connectivity index (χ2n) is 4.14. The number of carbonyl (C=O) groups excluding carboxylic acids is 1. The molecule has 1 aromatic heterocycles. The first-order valence-electron chi connectivity index (χ1n) is 5.63. The van der Waals surface area contributed by atoms with E-state index in [9.17, 15) is 9.90 Å². The number of benzene rings is 2. The van der Waals surface area contributed by atoms with Crippen LogP contribution in [0.1, 0.15) is 10.4 Å². The van der Waals surface area contributed by atoms with Crippen LogP contribution in [-0.4, -0.2) is 11.0 Å². The predicted octanol–water partition coefficient (Wildman–Crippen LogP) is 2.20. The number of rotatable bonds is 2. The van der Waals surface area contributed by atoms with E-state index in [1.165, 1.54) is 0 Å². The number of aromatic amines is 1. The summed E-state index contributed by atoms with van der Waals surface area (Å²) in [6.45, 7) is 0. The lowest BCUT2D eigenvalue weighted by Crippen LogP contribution is -2.21. The van der Waals surface area contributed by atoms with Crippen molar-refractivity contribution in [1.82, 2.24) is 4.98 Å². The molecule has 0 bridgehead atoms. The summed E-state index contributed by atoms with van der Waals surface area (Å²) in [7, 11) is 0. The van der Waals surface area contributed by atoms with E-state index >= 15 is 0 Å². The van der Waals surface area contributed by atoms with E-state index in [0.717, 1.165) is 22.2 Å². The maximum absolute atomic E-state index is 10.8. The first kappa shape index (κ1) is 10.6. The molecule has 0 radical (unpaired) electrons. The lowest BCUT2D eigenvalue weighted by Gasteiger charge is -2.00. The van der Waals surface area contributed by atoms with Crippen LogP contribution in [0.25, 0.3) is 22.2 Å². The molecule has 0 saturated heterocycles. The van der Waals surface area contributed by atoms with Crippen molar-refractivity contribution in [3.8, 4) is 11.3 Å². The molecule has 3 rings (SSSR count). The van der Waals surface area contributed by atoms with Crippen LogP contribution in [0, 0.1) is 0 Å². The first-order chi connectivity index (χ1) is 8.74. The second-order valence-corrected chi connectivity index (χ2v) is 4.14. The predicted molar refractivity (Wildman–Crippen MR) is 68.1 cm³/mol. The molecule has 1 N–H and O–H groups in total. The normalized spacial score (nSPS) is 10.7. The molecule has 3 nitrogen and oxygen atoms in total. The van der Waals surface area contributed by atoms with E-state index in [0.29, 0.717) is 0 Å². The van der Waals surface area contributed by atoms with Gasteiger partial charge in [-0.1, -0.05) is 42.5 Å². The van der Waals surface area contributed by atoms with Crippen molar-refractivity contribution in [2.75, 3.05) is 0 Å². The fourth-order valence-electron chi connectivity index (χ4n) is 2.03. The van der Waals surface area contributed by atoms with E-state index in [1.54, 1.807) is 18.2 Å². The molecule has 0 saturated carbocycles. The van der Waals surface area contributed by atoms with Crippen LogP contribution in [0.3, 0.4) is 0 Å². The molecule has 2 aromatic carbocycles. The number of H-pyrrole nitrogens is 1. The summed E-state index contributed by atoms with van der Waals surface area (Å²) in [4.78, 5) is 14.0. The molecule has 1 heterocycles. The van der Waals surface area contributed by atoms with Gasteiger partial charge in [0.1, 0.15) is 0 Å². The Bertz CT molecular complexity index is 714. The van der Waals surface area contributed by atoms with Crippen molar-refractivity contribution in [3.63, 3.8) is 0 Å². The highest BCUT2D eigenvalue weighted by atomic mass is 16.4. The van der Waals surface area contributed by atoms with Crippen molar-refractivity contribution in [3.05, 3.63) is 60.2 Å². The van der Waals surface area contributed by atoms with E-state index in [1.807, 2.05) is 36.4 Å². The molecule has 88 valence electrons. The fourth-order valence-corrected chi connectivity index (χ4v) is 2.03. The number of carboxylic acid groups (broad SMARTS) is 1. The smallest absolute Gasteiger partial charge is 0.0716 e. The first-order valence-corrected chi connectivity index (χ1v) is 5.63. The molecule has 3 heteroatoms. The number of aromatic nitrogens is 1. The molecule has 0 aliphatic rings. The van der Waals surface area contributed by atoms with Gasteiger partial charge in [0.2, 0.25) is 0 Å². The van der Waals surface area contributed by atoms with E-state index in [4.69, 9.17) is 0 Å². The van der Waals surface area contributed by atoms with E-state index in [2.05, 4.69) is 4.98 Å². The SMILES string of the molecule is O=C([O-])c1ccc2cc(-c3ccccc3)[nH]c2c1. The third-order valence-electron chi connectivity index (χ3n) is 2.94. The average Bonchev–Trinajstić information content (AvgIpc) is 2.82. The molecule has 0 aliphatic heterocycles. The maximum Gasteiger partial charge on any atom is 0.0716 e. The summed E-state index contributed by atoms with van der Waals surface area (Å²) in [5, 5.41) is 11.8. The van der Waals surface area contributed by atoms with Crippen LogP contribution in [0.2, 0.25) is 0 Å². The summed E-state index contributed by atoms with van der Waals surface area (Å²) in [5.41, 5.74) is 3.03. The molecule has 0 fully saturated rings. The summed E-state index contributed by atoms with van der Waals surface area (Å²) < 4.78 is 0. The molecule has 0 aliphatic carbocycles. The number of aromatic carboxylic acids is 1. The number of hydrogen-bond donors (Lipinski definition) is 1. The fraction of sp³-hybridized carbons (Fsp3) is 0. The van der Waals surface area contributed by atoms with Gasteiger partial charge in [-0.15, -0.1) is 0 Å². The van der Waals surface area contributed by atoms with Gasteiger partial charge in [-0.05, 0) is 23.3 Å². The third-order valence-corrected chi connectivity index (χ3v) is 2.94. The van der Waals surface area contributed by atoms with E-state index < -0.39 is 5.97 Å². The molecule has 0 unspecified atom stereocenters. The topological polar surface area (TPSA) is 55.9 Å². The van der Waals surface area contributed by atoms with Gasteiger partial charge < -0.3 is 14.9 Å². The van der Waals surface area contributed by atoms with Crippen LogP contribution in [0.5, 0.6) is 0 Å². The maximum atomic E-state index is 10.8. The van der Waals surface area contributed by atoms with Crippen LogP contribution in [0.4, 0.5) is 0 Å². The second kappa shape index (κ2) is 4.04. The van der Waals surface area contributed by atoms with Gasteiger partial charge in [-0.25, -0.2) is 0 Å². The summed E-state index contributed by atoms with van der Waals surface area (Å²) in [5.74, 6) is -1.16. The van der Waals surface area contributed by atoms with Gasteiger partial charge in [0, 0.05) is 16.6 Å². The zero-order chi connectivity index (χ0) is 12.5. The van der Waals surface area contributed by atoms with Crippen molar-refractivity contribution in [2.45, 2.75) is 0 Å². The third kappa shape index (κ3) is 1.76. The molecule has 0 amide bonds. The highest BCUT2D eigenvalue weighted by Gasteiger charge is 2.04. The molecule has 0 spiro atoms. The van der Waals surface area contributed by atoms with Gasteiger partial charge in [0.05, 0.1) is 5.97 Å². The largest absolute Gasteiger partial charge is 0.545 e. The number of hydrogen-bond acceptors (Lipinski definition) is 2. The number of carbonyl (C=O) groups is 1. The highest BCUT2D eigenvalue weighted by Crippen LogP contribution is 2.24. The van der Waals surface area contributed by atoms with Crippen molar-refractivity contribution in [1.29, 1.82) is 0 Å². The Hall–Kier alpha value is -2.55. The minimum Gasteiger partial charge on any atom is -0.545 e. The summed E-state index contributed by atoms with van der Waals surface area (Å²) in [6.07, 6.45) is 0. The molecule has 18 heavy (non-hydrogen) atoms. The Morgan fingerprint density at radius 2 is 1.78 bits per heavy atom. The molecular formula is C15H10NO2-. The Labute approximate surface area is 104 Å². The standard InChI is InChI=1S/C15H11NO2/c17-15(18)12-7-6-11-8-13(16-14(11)9-12)10-4-2-1-3-5-10/h1-9,16H,(H,17,18)/p-1. The lowest BCUT2D eigenvalue weighted by molar-refractivity contribution is -0.255. The van der Waals surface area contributed by atoms with Crippen molar-refractivity contribution >= 4 is 16.9 Å². The zero-order valence-electron chi connectivity index (χ0n) is 9.51. The van der Waals surface area contributed by atoms with Crippen LogP contribution in [0.15, 0.2) is 54.6 Å². The quantitative estimate of drug-likeness (QED) is 0.741. The van der Waals surface area contributed by atoms with Gasteiger partial charge in [0.15, 0.2) is 0 Å². The van der Waals surface area contributed by atoms with Gasteiger partial charge in [-0.2, -0.15) is 0 Å². The Balaban J connectivity index is 2.14. The van der Waals surface area contributed by atoms with Gasteiger partial charge >= 0.3 is 0 Å². The van der Waals surface area contributed by atoms with Crippen LogP contribution >= 0.6 is 0 Å². The van der Waals surface area contributed by atoms with Crippen LogP contribution in [-0.2, 0) is 0 Å². The Morgan fingerprint density at radius 1 is 1.00 bits per heavy atom. The van der Waals surface area contributed by atoms with Crippen molar-refractivity contribution in [2.24, 2.45) is 0 Å².